The molecule has 0 spiro atoms. The summed E-state index contributed by atoms with van der Waals surface area (Å²) in [6.45, 7) is 0.374. The van der Waals surface area contributed by atoms with Crippen molar-refractivity contribution in [3.05, 3.63) is 48.0 Å². The minimum absolute atomic E-state index is 0.134. The van der Waals surface area contributed by atoms with Crippen molar-refractivity contribution in [2.24, 2.45) is 5.73 Å². The molecule has 1 fully saturated rings. The molecule has 178 valence electrons. The van der Waals surface area contributed by atoms with E-state index in [-0.39, 0.29) is 18.1 Å². The second-order valence-electron chi connectivity index (χ2n) is 8.09. The fourth-order valence-corrected chi connectivity index (χ4v) is 5.59. The molecule has 2 aromatic rings. The summed E-state index contributed by atoms with van der Waals surface area (Å²) in [6, 6.07) is 11.9. The molecular formula is C22H28N3O6PS. The molecular weight excluding hydrogens is 465 g/mol. The lowest BCUT2D eigenvalue weighted by Gasteiger charge is -2.35. The van der Waals surface area contributed by atoms with E-state index in [4.69, 9.17) is 15.5 Å². The molecule has 2 aromatic carbocycles. The molecule has 0 radical (unpaired) electrons. The molecule has 33 heavy (non-hydrogen) atoms. The number of fused-ring (bicyclic) bond motifs is 1. The Bertz CT molecular complexity index is 1080. The highest BCUT2D eigenvalue weighted by Crippen LogP contribution is 2.38. The van der Waals surface area contributed by atoms with Gasteiger partial charge in [-0.3, -0.25) is 18.9 Å². The lowest BCUT2D eigenvalue weighted by atomic mass is 9.99. The smallest absolute Gasteiger partial charge is 0.335 e. The first-order valence-electron chi connectivity index (χ1n) is 10.6. The number of likely N-dealkylation sites (tertiary alicyclic amines) is 1. The van der Waals surface area contributed by atoms with Gasteiger partial charge < -0.3 is 25.7 Å². The molecule has 1 aliphatic heterocycles. The normalized spacial score (nSPS) is 17.5. The number of hydrogen-bond donors (Lipinski definition) is 4. The Kier molecular flexibility index (Phi) is 8.53. The van der Waals surface area contributed by atoms with Gasteiger partial charge in [-0.05, 0) is 35.6 Å². The van der Waals surface area contributed by atoms with Crippen LogP contribution in [0, 0.1) is 0 Å². The molecule has 3 rings (SSSR count). The van der Waals surface area contributed by atoms with Crippen LogP contribution in [0.25, 0.3) is 10.8 Å². The van der Waals surface area contributed by atoms with Gasteiger partial charge in [0, 0.05) is 13.0 Å². The zero-order chi connectivity index (χ0) is 24.0. The molecule has 11 heteroatoms. The van der Waals surface area contributed by atoms with Crippen LogP contribution in [-0.2, 0) is 25.4 Å². The summed E-state index contributed by atoms with van der Waals surface area (Å²) in [4.78, 5) is 57.1. The first-order valence-corrected chi connectivity index (χ1v) is 13.6. The summed E-state index contributed by atoms with van der Waals surface area (Å²) in [5.41, 5.74) is 5.96. The average molecular weight is 494 g/mol. The molecule has 9 nitrogen and oxygen atoms in total. The number of rotatable bonds is 9. The van der Waals surface area contributed by atoms with Crippen LogP contribution in [0.3, 0.4) is 0 Å². The van der Waals surface area contributed by atoms with E-state index in [2.05, 4.69) is 5.32 Å². The lowest BCUT2D eigenvalue weighted by molar-refractivity contribution is -0.141. The number of nitrogens with one attached hydrogen (secondary N) is 1. The summed E-state index contributed by atoms with van der Waals surface area (Å²) in [5, 5.41) is 4.79. The van der Waals surface area contributed by atoms with Crippen molar-refractivity contribution < 1.29 is 28.7 Å². The number of amides is 3. The van der Waals surface area contributed by atoms with Gasteiger partial charge in [-0.2, -0.15) is 0 Å². The molecule has 2 unspecified atom stereocenters. The van der Waals surface area contributed by atoms with Crippen LogP contribution in [0.15, 0.2) is 42.5 Å². The molecule has 1 aliphatic rings. The standard InChI is InChI=1S/C22H28N3O6PS/c23-21(27)18(12-15-8-9-16-5-1-2-6-17(16)11-15)24-22(28)19-7-3-4-10-25(19)20(26)13-33-14-32(29,30)31/h1-2,5-6,8-9,11,18-19H,3-4,7,10,12-14H2,(H2,23,27)(H,24,28)(H2,29,30,31). The van der Waals surface area contributed by atoms with Gasteiger partial charge in [-0.15, -0.1) is 11.8 Å². The van der Waals surface area contributed by atoms with Crippen molar-refractivity contribution in [3.63, 3.8) is 0 Å². The topological polar surface area (TPSA) is 150 Å². The minimum atomic E-state index is -4.21. The van der Waals surface area contributed by atoms with Crippen LogP contribution in [0.1, 0.15) is 24.8 Å². The van der Waals surface area contributed by atoms with Crippen molar-refractivity contribution in [3.8, 4) is 0 Å². The third-order valence-electron chi connectivity index (χ3n) is 5.52. The summed E-state index contributed by atoms with van der Waals surface area (Å²) in [6.07, 6.45) is 2.16. The summed E-state index contributed by atoms with van der Waals surface area (Å²) in [7, 11) is -4.21. The first kappa shape index (κ1) is 25.2. The van der Waals surface area contributed by atoms with Crippen LogP contribution >= 0.6 is 19.4 Å². The Hall–Kier alpha value is -2.39. The second kappa shape index (κ2) is 11.2. The highest BCUT2D eigenvalue weighted by Gasteiger charge is 2.34. The molecule has 0 aliphatic carbocycles. The molecule has 0 saturated carbocycles. The number of nitrogens with two attached hydrogens (primary N) is 1. The van der Waals surface area contributed by atoms with Gasteiger partial charge in [-0.25, -0.2) is 0 Å². The predicted molar refractivity (Wildman–Crippen MR) is 127 cm³/mol. The Labute approximate surface area is 196 Å². The van der Waals surface area contributed by atoms with Gasteiger partial charge in [0.2, 0.25) is 17.7 Å². The van der Waals surface area contributed by atoms with E-state index in [0.717, 1.165) is 40.9 Å². The quantitative estimate of drug-likeness (QED) is 0.388. The van der Waals surface area contributed by atoms with Crippen LogP contribution in [0.4, 0.5) is 0 Å². The number of piperidine rings is 1. The highest BCUT2D eigenvalue weighted by molar-refractivity contribution is 8.04. The van der Waals surface area contributed by atoms with Crippen molar-refractivity contribution in [2.45, 2.75) is 37.8 Å². The number of hydrogen-bond acceptors (Lipinski definition) is 5. The van der Waals surface area contributed by atoms with Gasteiger partial charge in [-0.1, -0.05) is 42.5 Å². The SMILES string of the molecule is NC(=O)C(Cc1ccc2ccccc2c1)NC(=O)C1CCCCN1C(=O)CSCP(=O)(O)O. The largest absolute Gasteiger partial charge is 0.368 e. The summed E-state index contributed by atoms with van der Waals surface area (Å²) in [5.74, 6) is -1.61. The Morgan fingerprint density at radius 2 is 1.88 bits per heavy atom. The number of nitrogens with zero attached hydrogens (tertiary/aromatic N) is 1. The Morgan fingerprint density at radius 1 is 1.15 bits per heavy atom. The van der Waals surface area contributed by atoms with Crippen molar-refractivity contribution in [1.29, 1.82) is 0 Å². The highest BCUT2D eigenvalue weighted by atomic mass is 32.2. The van der Waals surface area contributed by atoms with E-state index in [1.54, 1.807) is 0 Å². The van der Waals surface area contributed by atoms with E-state index in [1.807, 2.05) is 42.5 Å². The summed E-state index contributed by atoms with van der Waals surface area (Å²) < 4.78 is 11.0. The number of thioether (sulfide) groups is 1. The third kappa shape index (κ3) is 7.30. The third-order valence-corrected chi connectivity index (χ3v) is 8.05. The molecule has 0 bridgehead atoms. The molecule has 2 atom stereocenters. The maximum Gasteiger partial charge on any atom is 0.335 e. The predicted octanol–water partition coefficient (Wildman–Crippen LogP) is 1.60. The Balaban J connectivity index is 1.66. The average Bonchev–Trinajstić information content (AvgIpc) is 2.77. The van der Waals surface area contributed by atoms with Crippen molar-refractivity contribution >= 4 is 47.9 Å². The maximum absolute atomic E-state index is 13.0. The van der Waals surface area contributed by atoms with E-state index in [0.29, 0.717) is 13.0 Å². The lowest BCUT2D eigenvalue weighted by Crippen LogP contribution is -2.56. The zero-order valence-corrected chi connectivity index (χ0v) is 19.8. The van der Waals surface area contributed by atoms with Gasteiger partial charge >= 0.3 is 7.60 Å². The van der Waals surface area contributed by atoms with Gasteiger partial charge in [0.15, 0.2) is 0 Å². The fraction of sp³-hybridized carbons (Fsp3) is 0.409. The van der Waals surface area contributed by atoms with Crippen LogP contribution in [-0.4, -0.2) is 62.3 Å². The molecule has 5 N–H and O–H groups in total. The van der Waals surface area contributed by atoms with E-state index >= 15 is 0 Å². The monoisotopic (exact) mass is 493 g/mol. The van der Waals surface area contributed by atoms with E-state index in [1.165, 1.54) is 4.90 Å². The Morgan fingerprint density at radius 3 is 2.58 bits per heavy atom. The molecule has 0 aromatic heterocycles. The number of primary amides is 1. The second-order valence-corrected chi connectivity index (χ2v) is 11.1. The van der Waals surface area contributed by atoms with Crippen molar-refractivity contribution in [2.75, 3.05) is 17.8 Å². The van der Waals surface area contributed by atoms with Crippen molar-refractivity contribution in [1.82, 2.24) is 10.2 Å². The first-order chi connectivity index (χ1) is 15.6. The number of carbonyl (C=O) groups excluding carboxylic acids is 3. The van der Waals surface area contributed by atoms with E-state index in [9.17, 15) is 18.9 Å². The maximum atomic E-state index is 13.0. The van der Waals surface area contributed by atoms with Crippen LogP contribution in [0.5, 0.6) is 0 Å². The van der Waals surface area contributed by atoms with Gasteiger partial charge in [0.05, 0.1) is 11.2 Å². The molecule has 1 saturated heterocycles. The van der Waals surface area contributed by atoms with Gasteiger partial charge in [0.1, 0.15) is 12.1 Å². The van der Waals surface area contributed by atoms with Crippen LogP contribution < -0.4 is 11.1 Å². The molecule has 1 heterocycles. The minimum Gasteiger partial charge on any atom is -0.368 e. The zero-order valence-electron chi connectivity index (χ0n) is 18.1. The number of benzene rings is 2. The summed E-state index contributed by atoms with van der Waals surface area (Å²) >= 11 is 0.837. The van der Waals surface area contributed by atoms with Crippen LogP contribution in [0.2, 0.25) is 0 Å². The van der Waals surface area contributed by atoms with E-state index < -0.39 is 37.0 Å². The fourth-order valence-electron chi connectivity index (χ4n) is 3.93. The van der Waals surface area contributed by atoms with Gasteiger partial charge in [0.25, 0.3) is 0 Å². The number of carbonyl (C=O) groups is 3. The molecule has 3 amide bonds.